The Labute approximate surface area is 186 Å². The second kappa shape index (κ2) is 10.4. The molecule has 3 aromatic rings. The van der Waals surface area contributed by atoms with E-state index in [1.807, 2.05) is 13.8 Å². The van der Waals surface area contributed by atoms with E-state index in [1.54, 1.807) is 6.07 Å². The van der Waals surface area contributed by atoms with Gasteiger partial charge in [-0.15, -0.1) is 5.10 Å². The molecule has 0 aliphatic rings. The third kappa shape index (κ3) is 6.07. The van der Waals surface area contributed by atoms with E-state index in [2.05, 4.69) is 35.8 Å². The van der Waals surface area contributed by atoms with E-state index in [0.717, 1.165) is 11.8 Å². The minimum Gasteiger partial charge on any atom is -0.342 e. The molecule has 0 bridgehead atoms. The second-order valence-corrected chi connectivity index (χ2v) is 7.86. The molecule has 2 aromatic heterocycles. The summed E-state index contributed by atoms with van der Waals surface area (Å²) in [7, 11) is 0. The lowest BCUT2D eigenvalue weighted by Crippen LogP contribution is -2.32. The number of benzene rings is 1. The molecule has 0 spiro atoms. The number of thioether (sulfide) groups is 1. The lowest BCUT2D eigenvalue weighted by atomic mass is 10.0. The molecule has 166 valence electrons. The third-order valence-electron chi connectivity index (χ3n) is 4.20. The highest BCUT2D eigenvalue weighted by atomic mass is 32.2. The number of amides is 2. The van der Waals surface area contributed by atoms with Gasteiger partial charge >= 0.3 is 0 Å². The average molecular weight is 456 g/mol. The lowest BCUT2D eigenvalue weighted by molar-refractivity contribution is -0.384. The zero-order valence-electron chi connectivity index (χ0n) is 17.2. The molecule has 0 unspecified atom stereocenters. The fraction of sp³-hybridized carbons (Fsp3) is 0.263. The number of nitrogens with one attached hydrogen (secondary N) is 3. The predicted octanol–water partition coefficient (Wildman–Crippen LogP) is 2.36. The van der Waals surface area contributed by atoms with Crippen LogP contribution >= 0.6 is 11.8 Å². The highest BCUT2D eigenvalue weighted by Gasteiger charge is 2.24. The van der Waals surface area contributed by atoms with Gasteiger partial charge < -0.3 is 5.32 Å². The van der Waals surface area contributed by atoms with Crippen molar-refractivity contribution in [1.29, 1.82) is 0 Å². The molecular weight excluding hydrogens is 436 g/mol. The molecule has 0 radical (unpaired) electrons. The molecule has 13 heteroatoms. The van der Waals surface area contributed by atoms with Gasteiger partial charge in [0.15, 0.2) is 0 Å². The van der Waals surface area contributed by atoms with Crippen LogP contribution in [-0.4, -0.2) is 47.6 Å². The number of anilines is 1. The maximum atomic E-state index is 12.6. The van der Waals surface area contributed by atoms with Gasteiger partial charge in [0.1, 0.15) is 5.82 Å². The van der Waals surface area contributed by atoms with Crippen molar-refractivity contribution in [1.82, 2.24) is 30.5 Å². The Morgan fingerprint density at radius 2 is 1.97 bits per heavy atom. The Morgan fingerprint density at radius 3 is 2.66 bits per heavy atom. The van der Waals surface area contributed by atoms with Crippen molar-refractivity contribution < 1.29 is 14.5 Å². The number of rotatable bonds is 9. The summed E-state index contributed by atoms with van der Waals surface area (Å²) in [5, 5.41) is 23.6. The topological polar surface area (TPSA) is 169 Å². The standard InChI is InChI=1S/C19H20N8O4S/c1-11(2)15(23-17(29)12-5-3-6-13(9-12)27(30)31)16-24-19(26-25-16)32-10-14(28)22-18-20-7-4-8-21-18/h3-9,11,15H,10H2,1-2H3,(H,23,29)(H,24,25,26)(H,20,21,22,28)/t15-/m0/s1. The number of carbonyl (C=O) groups excluding carboxylic acids is 2. The summed E-state index contributed by atoms with van der Waals surface area (Å²) in [4.78, 5) is 47.3. The summed E-state index contributed by atoms with van der Waals surface area (Å²) in [6.45, 7) is 3.78. The largest absolute Gasteiger partial charge is 0.342 e. The molecule has 2 heterocycles. The van der Waals surface area contributed by atoms with Crippen molar-refractivity contribution in [2.75, 3.05) is 11.1 Å². The summed E-state index contributed by atoms with van der Waals surface area (Å²) < 4.78 is 0. The van der Waals surface area contributed by atoms with Crippen LogP contribution in [0.5, 0.6) is 0 Å². The first kappa shape index (κ1) is 22.8. The SMILES string of the molecule is CC(C)[C@H](NC(=O)c1cccc([N+](=O)[O-])c1)c1nc(SCC(=O)Nc2ncccn2)n[nH]1. The molecule has 1 atom stereocenters. The normalized spacial score (nSPS) is 11.7. The fourth-order valence-corrected chi connectivity index (χ4v) is 3.26. The van der Waals surface area contributed by atoms with Gasteiger partial charge in [0, 0.05) is 30.1 Å². The minimum absolute atomic E-state index is 0.0436. The molecule has 1 aromatic carbocycles. The molecule has 0 aliphatic carbocycles. The smallest absolute Gasteiger partial charge is 0.270 e. The first-order chi connectivity index (χ1) is 15.3. The van der Waals surface area contributed by atoms with Gasteiger partial charge in [0.05, 0.1) is 16.7 Å². The van der Waals surface area contributed by atoms with Crippen LogP contribution in [0.4, 0.5) is 11.6 Å². The quantitative estimate of drug-likeness (QED) is 0.248. The van der Waals surface area contributed by atoms with Crippen molar-refractivity contribution in [3.05, 3.63) is 64.2 Å². The minimum atomic E-state index is -0.559. The number of nitro benzene ring substituents is 1. The molecule has 12 nitrogen and oxygen atoms in total. The Bertz CT molecular complexity index is 1110. The van der Waals surface area contributed by atoms with Gasteiger partial charge in [-0.05, 0) is 18.1 Å². The summed E-state index contributed by atoms with van der Waals surface area (Å²) in [6, 6.07) is 6.60. The Kier molecular flexibility index (Phi) is 7.44. The van der Waals surface area contributed by atoms with Crippen LogP contribution in [0.25, 0.3) is 0 Å². The number of nitrogens with zero attached hydrogens (tertiary/aromatic N) is 5. The van der Waals surface area contributed by atoms with Crippen LogP contribution in [-0.2, 0) is 4.79 Å². The Hall–Kier alpha value is -3.87. The van der Waals surface area contributed by atoms with Crippen LogP contribution < -0.4 is 10.6 Å². The molecule has 2 amide bonds. The van der Waals surface area contributed by atoms with Gasteiger partial charge in [-0.25, -0.2) is 15.0 Å². The van der Waals surface area contributed by atoms with Gasteiger partial charge in [-0.3, -0.25) is 30.1 Å². The Balaban J connectivity index is 1.62. The number of hydrogen-bond acceptors (Lipinski definition) is 9. The first-order valence-corrected chi connectivity index (χ1v) is 10.5. The zero-order chi connectivity index (χ0) is 23.1. The van der Waals surface area contributed by atoms with E-state index in [4.69, 9.17) is 0 Å². The Morgan fingerprint density at radius 1 is 1.22 bits per heavy atom. The summed E-state index contributed by atoms with van der Waals surface area (Å²) in [5.74, 6) is -0.179. The number of nitro groups is 1. The molecule has 3 rings (SSSR count). The van der Waals surface area contributed by atoms with Crippen molar-refractivity contribution in [3.8, 4) is 0 Å². The van der Waals surface area contributed by atoms with E-state index in [-0.39, 0.29) is 34.8 Å². The number of aromatic nitrogens is 5. The number of aromatic amines is 1. The third-order valence-corrected chi connectivity index (χ3v) is 5.05. The summed E-state index contributed by atoms with van der Waals surface area (Å²) in [6.07, 6.45) is 3.04. The van der Waals surface area contributed by atoms with E-state index < -0.39 is 16.9 Å². The molecular formula is C19H20N8O4S. The van der Waals surface area contributed by atoms with E-state index in [1.165, 1.54) is 36.7 Å². The fourth-order valence-electron chi connectivity index (χ4n) is 2.65. The maximum Gasteiger partial charge on any atom is 0.270 e. The van der Waals surface area contributed by atoms with E-state index in [0.29, 0.717) is 11.0 Å². The zero-order valence-corrected chi connectivity index (χ0v) is 18.0. The highest BCUT2D eigenvalue weighted by Crippen LogP contribution is 2.22. The van der Waals surface area contributed by atoms with Crippen LogP contribution in [0.3, 0.4) is 0 Å². The summed E-state index contributed by atoms with van der Waals surface area (Å²) in [5.41, 5.74) is -0.00459. The molecule has 32 heavy (non-hydrogen) atoms. The van der Waals surface area contributed by atoms with Crippen LogP contribution in [0.15, 0.2) is 47.9 Å². The van der Waals surface area contributed by atoms with Crippen molar-refractivity contribution >= 4 is 35.2 Å². The average Bonchev–Trinajstić information content (AvgIpc) is 3.25. The molecule has 3 N–H and O–H groups in total. The molecule has 0 aliphatic heterocycles. The summed E-state index contributed by atoms with van der Waals surface area (Å²) >= 11 is 1.11. The van der Waals surface area contributed by atoms with Gasteiger partial charge in [0.2, 0.25) is 17.0 Å². The number of hydrogen-bond donors (Lipinski definition) is 3. The number of carbonyl (C=O) groups is 2. The first-order valence-electron chi connectivity index (χ1n) is 9.50. The molecule has 0 fully saturated rings. The molecule has 0 saturated heterocycles. The number of H-pyrrole nitrogens is 1. The van der Waals surface area contributed by atoms with Gasteiger partial charge in [-0.2, -0.15) is 0 Å². The van der Waals surface area contributed by atoms with E-state index in [9.17, 15) is 19.7 Å². The van der Waals surface area contributed by atoms with Crippen molar-refractivity contribution in [3.63, 3.8) is 0 Å². The second-order valence-electron chi connectivity index (χ2n) is 6.92. The van der Waals surface area contributed by atoms with Crippen LogP contribution in [0.1, 0.15) is 36.1 Å². The van der Waals surface area contributed by atoms with Gasteiger partial charge in [0.25, 0.3) is 11.6 Å². The maximum absolute atomic E-state index is 12.6. The lowest BCUT2D eigenvalue weighted by Gasteiger charge is -2.19. The predicted molar refractivity (Wildman–Crippen MR) is 116 cm³/mol. The van der Waals surface area contributed by atoms with Crippen LogP contribution in [0, 0.1) is 16.0 Å². The van der Waals surface area contributed by atoms with E-state index >= 15 is 0 Å². The van der Waals surface area contributed by atoms with Crippen molar-refractivity contribution in [2.24, 2.45) is 5.92 Å². The van der Waals surface area contributed by atoms with Crippen LogP contribution in [0.2, 0.25) is 0 Å². The molecule has 0 saturated carbocycles. The number of non-ortho nitro benzene ring substituents is 1. The monoisotopic (exact) mass is 456 g/mol. The van der Waals surface area contributed by atoms with Gasteiger partial charge in [-0.1, -0.05) is 31.7 Å². The highest BCUT2D eigenvalue weighted by molar-refractivity contribution is 7.99. The van der Waals surface area contributed by atoms with Crippen molar-refractivity contribution in [2.45, 2.75) is 25.0 Å².